The van der Waals surface area contributed by atoms with Gasteiger partial charge in [0.25, 0.3) is 5.91 Å². The number of benzene rings is 2. The van der Waals surface area contributed by atoms with Crippen molar-refractivity contribution < 1.29 is 18.4 Å². The van der Waals surface area contributed by atoms with Crippen LogP contribution in [0, 0.1) is 5.82 Å². The molecule has 12 heteroatoms. The van der Waals surface area contributed by atoms with Gasteiger partial charge in [0.05, 0.1) is 5.57 Å². The van der Waals surface area contributed by atoms with Gasteiger partial charge in [-0.1, -0.05) is 17.7 Å². The molecular weight excluding hydrogens is 573 g/mol. The van der Waals surface area contributed by atoms with Crippen molar-refractivity contribution in [1.82, 2.24) is 15.3 Å². The van der Waals surface area contributed by atoms with Crippen LogP contribution in [0.3, 0.4) is 0 Å². The van der Waals surface area contributed by atoms with Crippen molar-refractivity contribution in [3.63, 3.8) is 0 Å². The molecule has 4 heterocycles. The van der Waals surface area contributed by atoms with Gasteiger partial charge in [-0.2, -0.15) is 4.98 Å². The average Bonchev–Trinajstić information content (AvgIpc) is 3.38. The first kappa shape index (κ1) is 28.4. The van der Waals surface area contributed by atoms with E-state index in [1.807, 2.05) is 18.2 Å². The van der Waals surface area contributed by atoms with Crippen LogP contribution >= 0.6 is 11.6 Å². The summed E-state index contributed by atoms with van der Waals surface area (Å²) in [4.78, 5) is 41.3. The number of nitrogens with one attached hydrogen (secondary N) is 3. The summed E-state index contributed by atoms with van der Waals surface area (Å²) in [5.74, 6) is -0.550. The minimum absolute atomic E-state index is 0.100. The Morgan fingerprint density at radius 3 is 2.67 bits per heavy atom. The molecule has 2 aromatic heterocycles. The molecule has 0 bridgehead atoms. The molecule has 0 saturated carbocycles. The zero-order valence-corrected chi connectivity index (χ0v) is 24.3. The summed E-state index contributed by atoms with van der Waals surface area (Å²) in [7, 11) is 0. The second-order valence-corrected chi connectivity index (χ2v) is 10.9. The van der Waals surface area contributed by atoms with E-state index in [0.29, 0.717) is 32.9 Å². The van der Waals surface area contributed by atoms with Crippen molar-refractivity contribution in [1.29, 1.82) is 0 Å². The number of pyridine rings is 1. The number of hydrogen-bond acceptors (Lipinski definition) is 9. The molecule has 220 valence electrons. The van der Waals surface area contributed by atoms with Crippen LogP contribution in [-0.4, -0.2) is 40.7 Å². The summed E-state index contributed by atoms with van der Waals surface area (Å²) in [5, 5.41) is 9.37. The van der Waals surface area contributed by atoms with Crippen molar-refractivity contribution in [2.24, 2.45) is 4.99 Å². The normalized spacial score (nSPS) is 17.0. The van der Waals surface area contributed by atoms with E-state index in [4.69, 9.17) is 21.0 Å². The zero-order valence-electron chi connectivity index (χ0n) is 23.6. The summed E-state index contributed by atoms with van der Waals surface area (Å²) >= 11 is 6.88. The van der Waals surface area contributed by atoms with Crippen LogP contribution in [0.1, 0.15) is 55.1 Å². The molecule has 1 fully saturated rings. The Morgan fingerprint density at radius 1 is 1.09 bits per heavy atom. The Hall–Kier alpha value is -4.77. The number of piperidine rings is 1. The summed E-state index contributed by atoms with van der Waals surface area (Å²) in [5.41, 5.74) is 3.63. The number of anilines is 3. The van der Waals surface area contributed by atoms with Gasteiger partial charge in [0.2, 0.25) is 5.96 Å². The highest BCUT2D eigenvalue weighted by molar-refractivity contribution is 6.32. The lowest BCUT2D eigenvalue weighted by molar-refractivity contribution is -0.113. The van der Waals surface area contributed by atoms with Gasteiger partial charge in [-0.25, -0.2) is 14.4 Å². The van der Waals surface area contributed by atoms with Crippen molar-refractivity contribution in [3.8, 4) is 0 Å². The van der Waals surface area contributed by atoms with Crippen LogP contribution in [0.25, 0.3) is 11.1 Å². The summed E-state index contributed by atoms with van der Waals surface area (Å²) in [6.07, 6.45) is 4.93. The SMILES string of the molecule is CC(=O)c1ccnc(NC(=O)C2=C(C)NC(Nc3nc4ccc(F)cc4o3)=NC2c2ccc(N3CCCCC3)cc2Cl)c1. The highest BCUT2D eigenvalue weighted by Crippen LogP contribution is 2.38. The third kappa shape index (κ3) is 6.07. The van der Waals surface area contributed by atoms with Crippen molar-refractivity contribution >= 4 is 57.9 Å². The number of guanidine groups is 1. The van der Waals surface area contributed by atoms with Crippen LogP contribution in [0.2, 0.25) is 5.02 Å². The first-order valence-electron chi connectivity index (χ1n) is 14.0. The maximum absolute atomic E-state index is 13.7. The van der Waals surface area contributed by atoms with Crippen LogP contribution in [0.15, 0.2) is 75.4 Å². The maximum Gasteiger partial charge on any atom is 0.302 e. The number of Topliss-reactive ketones (excluding diaryl/α,β-unsaturated/α-hetero) is 1. The van der Waals surface area contributed by atoms with E-state index in [1.54, 1.807) is 13.0 Å². The molecule has 1 atom stereocenters. The molecule has 1 unspecified atom stereocenters. The van der Waals surface area contributed by atoms with Gasteiger partial charge in [0, 0.05) is 52.9 Å². The quantitative estimate of drug-likeness (QED) is 0.222. The number of rotatable bonds is 6. The Bertz CT molecular complexity index is 1800. The van der Waals surface area contributed by atoms with Gasteiger partial charge in [-0.05, 0) is 69.5 Å². The molecule has 2 aromatic carbocycles. The van der Waals surface area contributed by atoms with Crippen molar-refractivity contribution in [2.75, 3.05) is 28.6 Å². The van der Waals surface area contributed by atoms with Gasteiger partial charge in [0.15, 0.2) is 11.4 Å². The van der Waals surface area contributed by atoms with Gasteiger partial charge >= 0.3 is 6.01 Å². The van der Waals surface area contributed by atoms with E-state index in [0.717, 1.165) is 31.6 Å². The number of ketones is 1. The average molecular weight is 602 g/mol. The number of amides is 1. The van der Waals surface area contributed by atoms with Gasteiger partial charge in [0.1, 0.15) is 23.2 Å². The molecule has 0 radical (unpaired) electrons. The van der Waals surface area contributed by atoms with Crippen LogP contribution in [0.4, 0.5) is 21.9 Å². The minimum atomic E-state index is -0.815. The summed E-state index contributed by atoms with van der Waals surface area (Å²) in [6.45, 7) is 5.11. The van der Waals surface area contributed by atoms with E-state index < -0.39 is 17.8 Å². The second kappa shape index (κ2) is 11.8. The highest BCUT2D eigenvalue weighted by atomic mass is 35.5. The number of carbonyl (C=O) groups excluding carboxylic acids is 2. The molecule has 3 N–H and O–H groups in total. The fraction of sp³-hybridized carbons (Fsp3) is 0.258. The van der Waals surface area contributed by atoms with Crippen LogP contribution in [-0.2, 0) is 4.79 Å². The van der Waals surface area contributed by atoms with E-state index in [2.05, 4.69) is 30.8 Å². The number of carbonyl (C=O) groups is 2. The summed E-state index contributed by atoms with van der Waals surface area (Å²) in [6, 6.07) is 12.3. The van der Waals surface area contributed by atoms with Crippen molar-refractivity contribution in [2.45, 2.75) is 39.2 Å². The summed E-state index contributed by atoms with van der Waals surface area (Å²) < 4.78 is 19.4. The van der Waals surface area contributed by atoms with E-state index in [-0.39, 0.29) is 29.2 Å². The number of allylic oxidation sites excluding steroid dienone is 1. The maximum atomic E-state index is 13.7. The fourth-order valence-corrected chi connectivity index (χ4v) is 5.58. The largest absolute Gasteiger partial charge is 0.423 e. The Labute approximate surface area is 252 Å². The predicted octanol–water partition coefficient (Wildman–Crippen LogP) is 6.23. The molecule has 1 amide bonds. The lowest BCUT2D eigenvalue weighted by Crippen LogP contribution is -2.37. The van der Waals surface area contributed by atoms with Crippen LogP contribution in [0.5, 0.6) is 0 Å². The molecular formula is C31H29ClFN7O3. The number of oxazole rings is 1. The number of aliphatic imine (C=N–C) groups is 1. The number of fused-ring (bicyclic) bond motifs is 1. The Kier molecular flexibility index (Phi) is 7.81. The molecule has 0 spiro atoms. The third-order valence-electron chi connectivity index (χ3n) is 7.47. The second-order valence-electron chi connectivity index (χ2n) is 10.5. The van der Waals surface area contributed by atoms with Gasteiger partial charge in [-0.3, -0.25) is 14.9 Å². The molecule has 6 rings (SSSR count). The smallest absolute Gasteiger partial charge is 0.302 e. The molecule has 0 aliphatic carbocycles. The third-order valence-corrected chi connectivity index (χ3v) is 7.80. The standard InChI is InChI=1S/C31H29ClFN7O3/c1-17-27(29(42)37-26-14-19(18(2)41)10-11-34-26)28(22-8-7-21(16-23(22)32)40-12-4-3-5-13-40)38-30(35-17)39-31-36-24-9-6-20(33)15-25(24)43-31/h6-11,14-16,28H,3-5,12-13H2,1-2H3,(H,34,37,42)(H2,35,36,38,39). The zero-order chi connectivity index (χ0) is 30.1. The van der Waals surface area contributed by atoms with Gasteiger partial charge in [-0.15, -0.1) is 0 Å². The first-order valence-corrected chi connectivity index (χ1v) is 14.3. The van der Waals surface area contributed by atoms with E-state index in [9.17, 15) is 14.0 Å². The molecule has 4 aromatic rings. The number of aromatic nitrogens is 2. The number of hydrogen-bond donors (Lipinski definition) is 3. The lowest BCUT2D eigenvalue weighted by Gasteiger charge is -2.30. The minimum Gasteiger partial charge on any atom is -0.423 e. The number of nitrogens with zero attached hydrogens (tertiary/aromatic N) is 4. The fourth-order valence-electron chi connectivity index (χ4n) is 5.30. The Morgan fingerprint density at radius 2 is 1.91 bits per heavy atom. The van der Waals surface area contributed by atoms with Crippen molar-refractivity contribution in [3.05, 3.63) is 88.0 Å². The molecule has 2 aliphatic heterocycles. The molecule has 2 aliphatic rings. The Balaban J connectivity index is 1.35. The lowest BCUT2D eigenvalue weighted by atomic mass is 9.95. The molecule has 1 saturated heterocycles. The predicted molar refractivity (Wildman–Crippen MR) is 164 cm³/mol. The topological polar surface area (TPSA) is 125 Å². The molecule has 43 heavy (non-hydrogen) atoms. The van der Waals surface area contributed by atoms with E-state index in [1.165, 1.54) is 43.8 Å². The number of halogens is 2. The molecule has 10 nitrogen and oxygen atoms in total. The van der Waals surface area contributed by atoms with Gasteiger partial charge < -0.3 is 20.0 Å². The highest BCUT2D eigenvalue weighted by Gasteiger charge is 2.32. The van der Waals surface area contributed by atoms with Crippen LogP contribution < -0.4 is 20.9 Å². The monoisotopic (exact) mass is 601 g/mol. The van der Waals surface area contributed by atoms with E-state index >= 15 is 0 Å². The first-order chi connectivity index (χ1) is 20.7.